The maximum absolute atomic E-state index is 12.6. The first-order valence-corrected chi connectivity index (χ1v) is 8.05. The second-order valence-corrected chi connectivity index (χ2v) is 5.94. The van der Waals surface area contributed by atoms with E-state index in [2.05, 4.69) is 4.99 Å². The summed E-state index contributed by atoms with van der Waals surface area (Å²) < 4.78 is 43.0. The van der Waals surface area contributed by atoms with Crippen LogP contribution in [-0.4, -0.2) is 48.6 Å². The van der Waals surface area contributed by atoms with Crippen LogP contribution in [0.5, 0.6) is 5.75 Å². The Labute approximate surface area is 154 Å². The highest BCUT2D eigenvalue weighted by Gasteiger charge is 2.30. The van der Waals surface area contributed by atoms with Crippen LogP contribution in [-0.2, 0) is 6.18 Å². The molecule has 0 amide bonds. The average molecular weight is 461 g/mol. The smallest absolute Gasteiger partial charge is 0.416 e. The van der Waals surface area contributed by atoms with Gasteiger partial charge in [0.2, 0.25) is 0 Å². The summed E-state index contributed by atoms with van der Waals surface area (Å²) in [5, 5.41) is 0. The van der Waals surface area contributed by atoms with E-state index in [1.54, 1.807) is 0 Å². The molecule has 2 rings (SSSR count). The Balaban J connectivity index is 0.00000264. The summed E-state index contributed by atoms with van der Waals surface area (Å²) in [5.74, 6) is 2.69. The molecule has 0 aliphatic carbocycles. The number of rotatable bonds is 4. The van der Waals surface area contributed by atoms with Gasteiger partial charge in [0.05, 0.1) is 12.1 Å². The predicted molar refractivity (Wildman–Crippen MR) is 97.7 cm³/mol. The molecule has 1 saturated heterocycles. The van der Waals surface area contributed by atoms with Crippen molar-refractivity contribution in [3.63, 3.8) is 0 Å². The Morgan fingerprint density at radius 1 is 1.30 bits per heavy atom. The summed E-state index contributed by atoms with van der Waals surface area (Å²) in [6.07, 6.45) is -4.37. The van der Waals surface area contributed by atoms with Crippen molar-refractivity contribution < 1.29 is 17.9 Å². The molecule has 0 bridgehead atoms. The van der Waals surface area contributed by atoms with E-state index in [1.807, 2.05) is 16.7 Å². The van der Waals surface area contributed by atoms with E-state index < -0.39 is 11.7 Å². The molecule has 9 heteroatoms. The van der Waals surface area contributed by atoms with Crippen LogP contribution in [0.3, 0.4) is 0 Å². The van der Waals surface area contributed by atoms with Crippen molar-refractivity contribution in [1.29, 1.82) is 0 Å². The lowest BCUT2D eigenvalue weighted by Crippen LogP contribution is -2.42. The number of alkyl halides is 3. The minimum atomic E-state index is -4.37. The first kappa shape index (κ1) is 20.2. The summed E-state index contributed by atoms with van der Waals surface area (Å²) in [7, 11) is 0. The van der Waals surface area contributed by atoms with E-state index in [0.29, 0.717) is 12.5 Å². The fraction of sp³-hybridized carbons (Fsp3) is 0.500. The molecule has 1 aromatic carbocycles. The summed E-state index contributed by atoms with van der Waals surface area (Å²) in [6, 6.07) is 4.80. The maximum Gasteiger partial charge on any atom is 0.416 e. The largest absolute Gasteiger partial charge is 0.492 e. The van der Waals surface area contributed by atoms with Gasteiger partial charge in [-0.3, -0.25) is 0 Å². The van der Waals surface area contributed by atoms with Gasteiger partial charge in [0.15, 0.2) is 5.96 Å². The highest BCUT2D eigenvalue weighted by atomic mass is 127. The number of hydrogen-bond donors (Lipinski definition) is 1. The van der Waals surface area contributed by atoms with Gasteiger partial charge in [0.1, 0.15) is 12.4 Å². The number of ether oxygens (including phenoxy) is 1. The van der Waals surface area contributed by atoms with Crippen molar-refractivity contribution >= 4 is 41.7 Å². The number of halogens is 4. The van der Waals surface area contributed by atoms with Gasteiger partial charge >= 0.3 is 6.18 Å². The summed E-state index contributed by atoms with van der Waals surface area (Å²) in [5.41, 5.74) is 5.15. The van der Waals surface area contributed by atoms with Crippen LogP contribution < -0.4 is 10.5 Å². The second kappa shape index (κ2) is 9.45. The van der Waals surface area contributed by atoms with Crippen molar-refractivity contribution in [1.82, 2.24) is 4.90 Å². The van der Waals surface area contributed by atoms with Gasteiger partial charge in [0, 0.05) is 24.6 Å². The van der Waals surface area contributed by atoms with Gasteiger partial charge in [-0.05, 0) is 18.2 Å². The van der Waals surface area contributed by atoms with Gasteiger partial charge in [-0.1, -0.05) is 6.07 Å². The number of thioether (sulfide) groups is 1. The summed E-state index contributed by atoms with van der Waals surface area (Å²) >= 11 is 1.88. The highest BCUT2D eigenvalue weighted by Crippen LogP contribution is 2.31. The molecular weight excluding hydrogens is 442 g/mol. The standard InChI is InChI=1S/C14H18F3N3OS.HI/c15-14(16,17)11-2-1-3-12(10-11)21-7-4-19-13(18)20-5-8-22-9-6-20;/h1-3,10H,4-9H2,(H2,18,19);1H. The Morgan fingerprint density at radius 3 is 2.65 bits per heavy atom. The van der Waals surface area contributed by atoms with E-state index in [4.69, 9.17) is 10.5 Å². The minimum absolute atomic E-state index is 0. The molecule has 1 aromatic rings. The first-order chi connectivity index (χ1) is 10.5. The highest BCUT2D eigenvalue weighted by molar-refractivity contribution is 14.0. The summed E-state index contributed by atoms with van der Waals surface area (Å²) in [6.45, 7) is 2.24. The number of nitrogens with two attached hydrogens (primary N) is 1. The van der Waals surface area contributed by atoms with Crippen molar-refractivity contribution in [2.75, 3.05) is 37.7 Å². The second-order valence-electron chi connectivity index (χ2n) is 4.71. The van der Waals surface area contributed by atoms with Crippen LogP contribution in [0.25, 0.3) is 0 Å². The number of nitrogens with zero attached hydrogens (tertiary/aromatic N) is 2. The molecule has 0 spiro atoms. The monoisotopic (exact) mass is 461 g/mol. The molecule has 1 aliphatic heterocycles. The quantitative estimate of drug-likeness (QED) is 0.324. The van der Waals surface area contributed by atoms with Crippen molar-refractivity contribution in [2.45, 2.75) is 6.18 Å². The van der Waals surface area contributed by atoms with E-state index in [9.17, 15) is 13.2 Å². The number of aliphatic imine (C=N–C) groups is 1. The number of guanidine groups is 1. The third kappa shape index (κ3) is 6.66. The molecule has 0 aromatic heterocycles. The summed E-state index contributed by atoms with van der Waals surface area (Å²) in [4.78, 5) is 6.20. The van der Waals surface area contributed by atoms with Gasteiger partial charge in [-0.15, -0.1) is 24.0 Å². The van der Waals surface area contributed by atoms with Crippen LogP contribution in [0.2, 0.25) is 0 Å². The normalized spacial score (nSPS) is 16.0. The Hall–Kier alpha value is -0.840. The lowest BCUT2D eigenvalue weighted by Gasteiger charge is -2.27. The third-order valence-electron chi connectivity index (χ3n) is 3.13. The minimum Gasteiger partial charge on any atom is -0.492 e. The molecule has 1 fully saturated rings. The molecule has 0 unspecified atom stereocenters. The van der Waals surface area contributed by atoms with E-state index in [-0.39, 0.29) is 36.3 Å². The van der Waals surface area contributed by atoms with Gasteiger partial charge in [-0.2, -0.15) is 24.9 Å². The van der Waals surface area contributed by atoms with Gasteiger partial charge < -0.3 is 15.4 Å². The van der Waals surface area contributed by atoms with E-state index in [1.165, 1.54) is 12.1 Å². The molecule has 23 heavy (non-hydrogen) atoms. The van der Waals surface area contributed by atoms with Crippen molar-refractivity contribution in [3.05, 3.63) is 29.8 Å². The van der Waals surface area contributed by atoms with Crippen molar-refractivity contribution in [3.8, 4) is 5.75 Å². The fourth-order valence-electron chi connectivity index (χ4n) is 1.98. The molecule has 130 valence electrons. The molecular formula is C14H19F3IN3OS. The first-order valence-electron chi connectivity index (χ1n) is 6.89. The molecule has 4 nitrogen and oxygen atoms in total. The zero-order valence-electron chi connectivity index (χ0n) is 12.4. The number of benzene rings is 1. The zero-order valence-corrected chi connectivity index (χ0v) is 15.5. The molecule has 1 heterocycles. The molecule has 2 N–H and O–H groups in total. The van der Waals surface area contributed by atoms with Crippen LogP contribution >= 0.6 is 35.7 Å². The zero-order chi connectivity index (χ0) is 16.0. The maximum atomic E-state index is 12.6. The Bertz CT molecular complexity index is 522. The Kier molecular flexibility index (Phi) is 8.31. The molecule has 0 saturated carbocycles. The van der Waals surface area contributed by atoms with E-state index in [0.717, 1.165) is 36.7 Å². The van der Waals surface area contributed by atoms with Crippen LogP contribution in [0.15, 0.2) is 29.3 Å². The van der Waals surface area contributed by atoms with Crippen LogP contribution in [0, 0.1) is 0 Å². The van der Waals surface area contributed by atoms with Gasteiger partial charge in [-0.25, -0.2) is 4.99 Å². The fourth-order valence-corrected chi connectivity index (χ4v) is 2.88. The predicted octanol–water partition coefficient (Wildman–Crippen LogP) is 3.07. The topological polar surface area (TPSA) is 50.9 Å². The van der Waals surface area contributed by atoms with Crippen LogP contribution in [0.4, 0.5) is 13.2 Å². The average Bonchev–Trinajstić information content (AvgIpc) is 2.52. The van der Waals surface area contributed by atoms with Crippen molar-refractivity contribution in [2.24, 2.45) is 10.7 Å². The number of hydrogen-bond acceptors (Lipinski definition) is 3. The third-order valence-corrected chi connectivity index (χ3v) is 4.07. The van der Waals surface area contributed by atoms with E-state index >= 15 is 0 Å². The lowest BCUT2D eigenvalue weighted by atomic mass is 10.2. The SMILES string of the molecule is I.NC(=NCCOc1cccc(C(F)(F)F)c1)N1CCSCC1. The molecule has 0 radical (unpaired) electrons. The van der Waals surface area contributed by atoms with Crippen LogP contribution in [0.1, 0.15) is 5.56 Å². The molecule has 1 aliphatic rings. The van der Waals surface area contributed by atoms with Gasteiger partial charge in [0.25, 0.3) is 0 Å². The molecule has 0 atom stereocenters. The Morgan fingerprint density at radius 2 is 2.00 bits per heavy atom. The lowest BCUT2D eigenvalue weighted by molar-refractivity contribution is -0.137.